The molecule has 3 N–H and O–H groups in total. The number of anilines is 2. The van der Waals surface area contributed by atoms with E-state index in [-0.39, 0.29) is 35.8 Å². The molecule has 1 amide bonds. The predicted molar refractivity (Wildman–Crippen MR) is 134 cm³/mol. The van der Waals surface area contributed by atoms with Crippen molar-refractivity contribution in [1.82, 2.24) is 10.6 Å². The van der Waals surface area contributed by atoms with Crippen LogP contribution in [0, 0.1) is 17.6 Å². The van der Waals surface area contributed by atoms with Crippen LogP contribution in [0.3, 0.4) is 0 Å². The molecule has 6 nitrogen and oxygen atoms in total. The summed E-state index contributed by atoms with van der Waals surface area (Å²) in [6, 6.07) is 11.9. The fraction of sp³-hybridized carbons (Fsp3) is 0.391. The van der Waals surface area contributed by atoms with Crippen LogP contribution in [0.2, 0.25) is 0 Å². The smallest absolute Gasteiger partial charge is 0.225 e. The number of amides is 1. The first-order valence-corrected chi connectivity index (χ1v) is 10.6. The Morgan fingerprint density at radius 3 is 2.72 bits per heavy atom. The van der Waals surface area contributed by atoms with E-state index in [1.54, 1.807) is 13.1 Å². The number of aliphatic imine (C=N–C) groups is 1. The number of guanidine groups is 1. The van der Waals surface area contributed by atoms with Gasteiger partial charge in [-0.15, -0.1) is 24.0 Å². The second kappa shape index (κ2) is 10.9. The van der Waals surface area contributed by atoms with Crippen molar-refractivity contribution in [3.63, 3.8) is 0 Å². The number of carbonyl (C=O) groups excluding carboxylic acids is 1. The van der Waals surface area contributed by atoms with E-state index in [9.17, 15) is 13.6 Å². The minimum Gasteiger partial charge on any atom is -0.371 e. The van der Waals surface area contributed by atoms with Crippen molar-refractivity contribution in [2.45, 2.75) is 18.8 Å². The van der Waals surface area contributed by atoms with E-state index < -0.39 is 11.6 Å². The van der Waals surface area contributed by atoms with Gasteiger partial charge in [0.2, 0.25) is 5.91 Å². The summed E-state index contributed by atoms with van der Waals surface area (Å²) in [4.78, 5) is 18.4. The molecule has 2 atom stereocenters. The van der Waals surface area contributed by atoms with Gasteiger partial charge in [0.1, 0.15) is 0 Å². The number of hydrogen-bond donors (Lipinski definition) is 3. The lowest BCUT2D eigenvalue weighted by atomic mass is 9.90. The molecule has 9 heteroatoms. The molecule has 1 fully saturated rings. The van der Waals surface area contributed by atoms with E-state index in [2.05, 4.69) is 25.8 Å². The summed E-state index contributed by atoms with van der Waals surface area (Å²) in [7, 11) is 1.72. The fourth-order valence-electron chi connectivity index (χ4n) is 4.28. The number of hydrogen-bond acceptors (Lipinski definition) is 3. The van der Waals surface area contributed by atoms with Gasteiger partial charge in [0.15, 0.2) is 17.6 Å². The Morgan fingerprint density at radius 1 is 1.16 bits per heavy atom. The highest BCUT2D eigenvalue weighted by Gasteiger charge is 2.26. The summed E-state index contributed by atoms with van der Waals surface area (Å²) < 4.78 is 26.7. The van der Waals surface area contributed by atoms with Crippen LogP contribution in [0.4, 0.5) is 20.2 Å². The summed E-state index contributed by atoms with van der Waals surface area (Å²) in [5, 5.41) is 9.61. The van der Waals surface area contributed by atoms with Gasteiger partial charge in [-0.3, -0.25) is 9.79 Å². The Labute approximate surface area is 203 Å². The van der Waals surface area contributed by atoms with Gasteiger partial charge in [0.05, 0.1) is 0 Å². The maximum absolute atomic E-state index is 13.5. The monoisotopic (exact) mass is 555 g/mol. The second-order valence-electron chi connectivity index (χ2n) is 8.07. The molecule has 172 valence electrons. The molecular weight excluding hydrogens is 527 g/mol. The summed E-state index contributed by atoms with van der Waals surface area (Å²) in [5.41, 5.74) is 2.71. The molecule has 1 saturated heterocycles. The van der Waals surface area contributed by atoms with Gasteiger partial charge in [-0.05, 0) is 36.1 Å². The number of carbonyl (C=O) groups is 1. The lowest BCUT2D eigenvalue weighted by Crippen LogP contribution is -2.42. The van der Waals surface area contributed by atoms with Crippen molar-refractivity contribution in [2.24, 2.45) is 10.9 Å². The molecule has 0 bridgehead atoms. The minimum absolute atomic E-state index is 0. The summed E-state index contributed by atoms with van der Waals surface area (Å²) >= 11 is 0. The van der Waals surface area contributed by atoms with E-state index in [1.807, 2.05) is 24.3 Å². The van der Waals surface area contributed by atoms with Crippen LogP contribution in [0.5, 0.6) is 0 Å². The molecule has 2 aliphatic rings. The maximum Gasteiger partial charge on any atom is 0.225 e. The predicted octanol–water partition coefficient (Wildman–Crippen LogP) is 3.70. The number of benzene rings is 2. The fourth-order valence-corrected chi connectivity index (χ4v) is 4.28. The second-order valence-corrected chi connectivity index (χ2v) is 8.07. The highest BCUT2D eigenvalue weighted by atomic mass is 127. The molecule has 0 saturated carbocycles. The Balaban J connectivity index is 0.00000289. The average Bonchev–Trinajstić information content (AvgIpc) is 3.24. The normalized spacial score (nSPS) is 20.3. The first kappa shape index (κ1) is 24.2. The molecule has 2 aromatic rings. The van der Waals surface area contributed by atoms with Gasteiger partial charge in [-0.2, -0.15) is 0 Å². The third kappa shape index (κ3) is 5.67. The average molecular weight is 555 g/mol. The Hall–Kier alpha value is -2.43. The molecule has 2 unspecified atom stereocenters. The minimum atomic E-state index is -0.825. The lowest BCUT2D eigenvalue weighted by molar-refractivity contribution is -0.116. The van der Waals surface area contributed by atoms with E-state index in [1.165, 1.54) is 12.1 Å². The Bertz CT molecular complexity index is 987. The van der Waals surface area contributed by atoms with Crippen molar-refractivity contribution < 1.29 is 13.6 Å². The molecular formula is C23H28F2IN5O. The molecule has 2 heterocycles. The van der Waals surface area contributed by atoms with Gasteiger partial charge in [0, 0.05) is 63.0 Å². The van der Waals surface area contributed by atoms with Crippen LogP contribution in [0.25, 0.3) is 0 Å². The first-order valence-electron chi connectivity index (χ1n) is 10.6. The van der Waals surface area contributed by atoms with Crippen molar-refractivity contribution in [3.05, 3.63) is 59.7 Å². The Morgan fingerprint density at radius 2 is 1.94 bits per heavy atom. The third-order valence-corrected chi connectivity index (χ3v) is 5.96. The molecule has 2 aliphatic heterocycles. The van der Waals surface area contributed by atoms with Gasteiger partial charge >= 0.3 is 0 Å². The topological polar surface area (TPSA) is 68.8 Å². The Kier molecular flexibility index (Phi) is 8.27. The zero-order chi connectivity index (χ0) is 21.8. The molecule has 0 radical (unpaired) electrons. The summed E-state index contributed by atoms with van der Waals surface area (Å²) in [6.07, 6.45) is 1.39. The molecule has 32 heavy (non-hydrogen) atoms. The number of nitrogens with one attached hydrogen (secondary N) is 3. The number of para-hydroxylation sites is 1. The van der Waals surface area contributed by atoms with Crippen LogP contribution in [0.1, 0.15) is 24.3 Å². The van der Waals surface area contributed by atoms with Gasteiger partial charge in [0.25, 0.3) is 0 Å². The quantitative estimate of drug-likeness (QED) is 0.299. The van der Waals surface area contributed by atoms with Crippen molar-refractivity contribution in [2.75, 3.05) is 43.4 Å². The van der Waals surface area contributed by atoms with Crippen LogP contribution >= 0.6 is 24.0 Å². The van der Waals surface area contributed by atoms with E-state index in [4.69, 9.17) is 0 Å². The SMILES string of the molecule is CN=C(NCC1CCN(c2ccc(F)c(F)c2)C1)NCC1CC(=O)Nc2ccccc21.I. The molecule has 0 aliphatic carbocycles. The summed E-state index contributed by atoms with van der Waals surface area (Å²) in [6.45, 7) is 2.90. The van der Waals surface area contributed by atoms with Gasteiger partial charge in [-0.25, -0.2) is 8.78 Å². The number of nitrogens with zero attached hydrogens (tertiary/aromatic N) is 2. The van der Waals surface area contributed by atoms with Crippen molar-refractivity contribution >= 4 is 47.2 Å². The highest BCUT2D eigenvalue weighted by molar-refractivity contribution is 14.0. The third-order valence-electron chi connectivity index (χ3n) is 5.96. The van der Waals surface area contributed by atoms with Gasteiger partial charge in [-0.1, -0.05) is 18.2 Å². The van der Waals surface area contributed by atoms with Crippen LogP contribution in [0.15, 0.2) is 47.5 Å². The molecule has 4 rings (SSSR count). The number of halogens is 3. The molecule has 0 aromatic heterocycles. The van der Waals surface area contributed by atoms with Crippen LogP contribution < -0.4 is 20.9 Å². The summed E-state index contributed by atoms with van der Waals surface area (Å²) in [5.74, 6) is -0.478. The number of rotatable bonds is 5. The van der Waals surface area contributed by atoms with Crippen LogP contribution in [-0.2, 0) is 4.79 Å². The largest absolute Gasteiger partial charge is 0.371 e. The first-order chi connectivity index (χ1) is 15.0. The molecule has 0 spiro atoms. The van der Waals surface area contributed by atoms with Crippen molar-refractivity contribution in [1.29, 1.82) is 0 Å². The maximum atomic E-state index is 13.5. The lowest BCUT2D eigenvalue weighted by Gasteiger charge is -2.26. The van der Waals surface area contributed by atoms with Crippen LogP contribution in [-0.4, -0.2) is 45.1 Å². The standard InChI is InChI=1S/C23H27F2N5O.HI/c1-26-23(28-13-16-10-22(31)29-21-5-3-2-4-18(16)21)27-12-15-8-9-30(14-15)17-6-7-19(24)20(25)11-17;/h2-7,11,15-16H,8-10,12-14H2,1H3,(H,29,31)(H2,26,27,28);1H. The van der Waals surface area contributed by atoms with E-state index in [0.717, 1.165) is 37.3 Å². The number of fused-ring (bicyclic) bond motifs is 1. The van der Waals surface area contributed by atoms with Crippen molar-refractivity contribution in [3.8, 4) is 0 Å². The zero-order valence-corrected chi connectivity index (χ0v) is 20.2. The molecule has 2 aromatic carbocycles. The highest BCUT2D eigenvalue weighted by Crippen LogP contribution is 2.31. The van der Waals surface area contributed by atoms with E-state index >= 15 is 0 Å². The zero-order valence-electron chi connectivity index (χ0n) is 17.9. The van der Waals surface area contributed by atoms with Gasteiger partial charge < -0.3 is 20.9 Å². The van der Waals surface area contributed by atoms with E-state index in [0.29, 0.717) is 30.5 Å².